The summed E-state index contributed by atoms with van der Waals surface area (Å²) in [5.74, 6) is -2.94. The fourth-order valence-corrected chi connectivity index (χ4v) is 3.10. The van der Waals surface area contributed by atoms with Gasteiger partial charge in [0.25, 0.3) is 17.7 Å². The normalized spacial score (nSPS) is 11.2. The van der Waals surface area contributed by atoms with E-state index >= 15 is 0 Å². The van der Waals surface area contributed by atoms with Gasteiger partial charge in [0.15, 0.2) is 11.6 Å². The van der Waals surface area contributed by atoms with Crippen molar-refractivity contribution in [2.24, 2.45) is 11.5 Å². The summed E-state index contributed by atoms with van der Waals surface area (Å²) in [6.45, 7) is 3.48. The summed E-state index contributed by atoms with van der Waals surface area (Å²) in [5, 5.41) is 5.17. The number of halogens is 2. The van der Waals surface area contributed by atoms with Crippen LogP contribution in [0.4, 0.5) is 15.8 Å². The molecule has 3 rings (SSSR count). The van der Waals surface area contributed by atoms with E-state index in [9.17, 15) is 18.8 Å². The SMILES string of the molecule is CC(C)(N)Cc1nc(C(N)=O)c(C(=O)Nc2ccc(NC(=O)c3ccc(F)cc3Cl)cc2)o1. The molecule has 33 heavy (non-hydrogen) atoms. The van der Waals surface area contributed by atoms with Crippen molar-refractivity contribution in [2.75, 3.05) is 10.6 Å². The molecule has 0 fully saturated rings. The lowest BCUT2D eigenvalue weighted by atomic mass is 10.0. The van der Waals surface area contributed by atoms with Crippen LogP contribution in [-0.2, 0) is 6.42 Å². The van der Waals surface area contributed by atoms with Crippen LogP contribution in [0, 0.1) is 5.82 Å². The summed E-state index contributed by atoms with van der Waals surface area (Å²) in [6, 6.07) is 9.54. The summed E-state index contributed by atoms with van der Waals surface area (Å²) in [4.78, 5) is 40.6. The van der Waals surface area contributed by atoms with E-state index in [1.54, 1.807) is 13.8 Å². The number of primary amides is 1. The first-order valence-electron chi connectivity index (χ1n) is 9.69. The van der Waals surface area contributed by atoms with Gasteiger partial charge < -0.3 is 26.5 Å². The number of carbonyl (C=O) groups is 3. The predicted octanol–water partition coefficient (Wildman–Crippen LogP) is 3.35. The van der Waals surface area contributed by atoms with Crippen molar-refractivity contribution in [3.63, 3.8) is 0 Å². The third kappa shape index (κ3) is 6.15. The van der Waals surface area contributed by atoms with Crippen molar-refractivity contribution in [1.29, 1.82) is 0 Å². The smallest absolute Gasteiger partial charge is 0.293 e. The van der Waals surface area contributed by atoms with Crippen LogP contribution in [0.5, 0.6) is 0 Å². The Labute approximate surface area is 193 Å². The van der Waals surface area contributed by atoms with Crippen molar-refractivity contribution in [3.8, 4) is 0 Å². The average molecular weight is 474 g/mol. The number of hydrogen-bond acceptors (Lipinski definition) is 6. The minimum absolute atomic E-state index is 0.0221. The molecule has 0 spiro atoms. The number of hydrogen-bond donors (Lipinski definition) is 4. The summed E-state index contributed by atoms with van der Waals surface area (Å²) in [6.07, 6.45) is 0.188. The van der Waals surface area contributed by atoms with Crippen molar-refractivity contribution in [1.82, 2.24) is 4.98 Å². The van der Waals surface area contributed by atoms with Crippen LogP contribution in [0.2, 0.25) is 5.02 Å². The van der Waals surface area contributed by atoms with Crippen molar-refractivity contribution < 1.29 is 23.2 Å². The fourth-order valence-electron chi connectivity index (χ4n) is 2.85. The molecule has 172 valence electrons. The number of nitrogens with zero attached hydrogens (tertiary/aromatic N) is 1. The van der Waals surface area contributed by atoms with Gasteiger partial charge in [-0.05, 0) is 56.3 Å². The molecule has 0 aliphatic rings. The third-order valence-electron chi connectivity index (χ3n) is 4.29. The average Bonchev–Trinajstić information content (AvgIpc) is 3.12. The van der Waals surface area contributed by atoms with Crippen LogP contribution >= 0.6 is 11.6 Å². The molecule has 11 heteroatoms. The molecule has 3 aromatic rings. The van der Waals surface area contributed by atoms with E-state index in [-0.39, 0.29) is 34.4 Å². The number of anilines is 2. The maximum atomic E-state index is 13.2. The van der Waals surface area contributed by atoms with Crippen molar-refractivity contribution in [3.05, 3.63) is 76.2 Å². The highest BCUT2D eigenvalue weighted by molar-refractivity contribution is 6.34. The highest BCUT2D eigenvalue weighted by Crippen LogP contribution is 2.21. The van der Waals surface area contributed by atoms with E-state index in [1.807, 2.05) is 0 Å². The van der Waals surface area contributed by atoms with Gasteiger partial charge in [-0.1, -0.05) is 11.6 Å². The maximum absolute atomic E-state index is 13.2. The van der Waals surface area contributed by atoms with Gasteiger partial charge in [0.05, 0.1) is 10.6 Å². The van der Waals surface area contributed by atoms with Gasteiger partial charge in [0.1, 0.15) is 5.82 Å². The molecule has 1 aromatic heterocycles. The van der Waals surface area contributed by atoms with E-state index in [0.717, 1.165) is 12.1 Å². The third-order valence-corrected chi connectivity index (χ3v) is 4.61. The van der Waals surface area contributed by atoms with Gasteiger partial charge in [0.2, 0.25) is 5.76 Å². The zero-order valence-electron chi connectivity index (χ0n) is 17.7. The fraction of sp³-hybridized carbons (Fsp3) is 0.182. The van der Waals surface area contributed by atoms with Crippen molar-refractivity contribution >= 4 is 40.7 Å². The number of aromatic nitrogens is 1. The van der Waals surface area contributed by atoms with Gasteiger partial charge in [-0.15, -0.1) is 0 Å². The monoisotopic (exact) mass is 473 g/mol. The van der Waals surface area contributed by atoms with Gasteiger partial charge in [0, 0.05) is 23.3 Å². The first-order chi connectivity index (χ1) is 15.4. The Morgan fingerprint density at radius 3 is 2.15 bits per heavy atom. The standard InChI is InChI=1S/C22H21ClFN5O4/c1-22(2,26)10-16-29-17(19(25)30)18(33-16)21(32)28-13-6-4-12(5-7-13)27-20(31)14-8-3-11(24)9-15(14)23/h3-9H,10,26H2,1-2H3,(H2,25,30)(H,27,31)(H,28,32). The van der Waals surface area contributed by atoms with Gasteiger partial charge in [-0.25, -0.2) is 9.37 Å². The second-order valence-corrected chi connectivity index (χ2v) is 8.33. The lowest BCUT2D eigenvalue weighted by molar-refractivity contribution is 0.0959. The van der Waals surface area contributed by atoms with E-state index in [1.165, 1.54) is 30.3 Å². The van der Waals surface area contributed by atoms with Crippen LogP contribution in [0.15, 0.2) is 46.9 Å². The topological polar surface area (TPSA) is 153 Å². The molecule has 6 N–H and O–H groups in total. The Balaban J connectivity index is 1.71. The zero-order chi connectivity index (χ0) is 24.3. The molecule has 0 saturated heterocycles. The molecule has 0 saturated carbocycles. The summed E-state index contributed by atoms with van der Waals surface area (Å²) in [7, 11) is 0. The molecule has 0 aliphatic heterocycles. The number of carbonyl (C=O) groups excluding carboxylic acids is 3. The summed E-state index contributed by atoms with van der Waals surface area (Å²) >= 11 is 5.90. The number of rotatable bonds is 7. The maximum Gasteiger partial charge on any atom is 0.293 e. The van der Waals surface area contributed by atoms with Crippen LogP contribution in [-0.4, -0.2) is 28.2 Å². The lowest BCUT2D eigenvalue weighted by Gasteiger charge is -2.14. The largest absolute Gasteiger partial charge is 0.435 e. The zero-order valence-corrected chi connectivity index (χ0v) is 18.5. The number of amides is 3. The van der Waals surface area contributed by atoms with Gasteiger partial charge in [-0.3, -0.25) is 14.4 Å². The van der Waals surface area contributed by atoms with Crippen LogP contribution in [0.1, 0.15) is 51.1 Å². The summed E-state index contributed by atoms with van der Waals surface area (Å²) < 4.78 is 18.6. The molecule has 0 unspecified atom stereocenters. The Morgan fingerprint density at radius 1 is 1.06 bits per heavy atom. The molecular weight excluding hydrogens is 453 g/mol. The highest BCUT2D eigenvalue weighted by Gasteiger charge is 2.26. The Bertz CT molecular complexity index is 1220. The second-order valence-electron chi connectivity index (χ2n) is 7.92. The first kappa shape index (κ1) is 23.9. The molecule has 3 amide bonds. The molecule has 2 aromatic carbocycles. The van der Waals surface area contributed by atoms with Gasteiger partial charge in [-0.2, -0.15) is 0 Å². The van der Waals surface area contributed by atoms with Crippen LogP contribution in [0.3, 0.4) is 0 Å². The molecule has 1 heterocycles. The van der Waals surface area contributed by atoms with Crippen molar-refractivity contribution in [2.45, 2.75) is 25.8 Å². The second kappa shape index (κ2) is 9.39. The first-order valence-corrected chi connectivity index (χ1v) is 10.1. The quantitative estimate of drug-likeness (QED) is 0.412. The minimum Gasteiger partial charge on any atom is -0.435 e. The van der Waals surface area contributed by atoms with Crippen LogP contribution < -0.4 is 22.1 Å². The summed E-state index contributed by atoms with van der Waals surface area (Å²) in [5.41, 5.74) is 11.1. The van der Waals surface area contributed by atoms with E-state index in [4.69, 9.17) is 27.5 Å². The Hall–Kier alpha value is -3.76. The van der Waals surface area contributed by atoms with E-state index in [0.29, 0.717) is 11.4 Å². The lowest BCUT2D eigenvalue weighted by Crippen LogP contribution is -2.34. The molecular formula is C22H21ClFN5O4. The molecule has 9 nitrogen and oxygen atoms in total. The van der Waals surface area contributed by atoms with E-state index in [2.05, 4.69) is 15.6 Å². The number of benzene rings is 2. The number of nitrogens with one attached hydrogen (secondary N) is 2. The molecule has 0 atom stereocenters. The molecule has 0 aliphatic carbocycles. The van der Waals surface area contributed by atoms with E-state index < -0.39 is 29.1 Å². The molecule has 0 radical (unpaired) electrons. The Kier molecular flexibility index (Phi) is 6.80. The molecule has 0 bridgehead atoms. The number of oxazole rings is 1. The van der Waals surface area contributed by atoms with Crippen LogP contribution in [0.25, 0.3) is 0 Å². The van der Waals surface area contributed by atoms with Gasteiger partial charge >= 0.3 is 0 Å². The Morgan fingerprint density at radius 2 is 1.64 bits per heavy atom. The number of nitrogens with two attached hydrogens (primary N) is 2. The minimum atomic E-state index is -0.914. The predicted molar refractivity (Wildman–Crippen MR) is 121 cm³/mol. The highest BCUT2D eigenvalue weighted by atomic mass is 35.5.